The second kappa shape index (κ2) is 11.2. The topological polar surface area (TPSA) is 116 Å². The quantitative estimate of drug-likeness (QED) is 0.609. The Balaban J connectivity index is 1.98. The van der Waals surface area contributed by atoms with Gasteiger partial charge in [0.15, 0.2) is 6.61 Å². The molecule has 1 aromatic heterocycles. The molecule has 2 aromatic rings. The number of carbonyl (C=O) groups excluding carboxylic acids is 3. The Hall–Kier alpha value is -3.62. The van der Waals surface area contributed by atoms with E-state index < -0.39 is 17.7 Å². The highest BCUT2D eigenvalue weighted by atomic mass is 16.6. The number of nitrogens with zero attached hydrogens (tertiary/aromatic N) is 1. The minimum absolute atomic E-state index is 0.122. The summed E-state index contributed by atoms with van der Waals surface area (Å²) in [7, 11) is 1.29. The van der Waals surface area contributed by atoms with E-state index in [1.807, 2.05) is 45.9 Å². The monoisotopic (exact) mass is 483 g/mol. The number of aromatic nitrogens is 1. The van der Waals surface area contributed by atoms with E-state index in [0.29, 0.717) is 36.4 Å². The predicted molar refractivity (Wildman–Crippen MR) is 131 cm³/mol. The first-order valence-electron chi connectivity index (χ1n) is 11.7. The van der Waals surface area contributed by atoms with Gasteiger partial charge in [0.1, 0.15) is 11.4 Å². The number of pyridine rings is 1. The van der Waals surface area contributed by atoms with Crippen LogP contribution in [0.5, 0.6) is 5.75 Å². The fraction of sp³-hybridized carbons (Fsp3) is 0.462. The molecule has 0 radical (unpaired) electrons. The van der Waals surface area contributed by atoms with E-state index >= 15 is 0 Å². The van der Waals surface area contributed by atoms with Crippen LogP contribution in [-0.2, 0) is 19.1 Å². The Labute approximate surface area is 205 Å². The van der Waals surface area contributed by atoms with Crippen LogP contribution in [0.25, 0.3) is 11.1 Å². The summed E-state index contributed by atoms with van der Waals surface area (Å²) >= 11 is 0. The SMILES string of the molecule is COC(=O)COc1ccc2c(c1)NC(=O)C(C)CCCC(NC(=O)OC(C)(C)C)c1cc-2ccn1. The third-order valence-corrected chi connectivity index (χ3v) is 5.55. The van der Waals surface area contributed by atoms with Crippen molar-refractivity contribution in [3.8, 4) is 16.9 Å². The van der Waals surface area contributed by atoms with Crippen LogP contribution >= 0.6 is 0 Å². The molecule has 2 heterocycles. The number of hydrogen-bond acceptors (Lipinski definition) is 7. The first-order chi connectivity index (χ1) is 16.6. The van der Waals surface area contributed by atoms with Gasteiger partial charge in [0.2, 0.25) is 5.91 Å². The maximum Gasteiger partial charge on any atom is 0.408 e. The second-order valence-corrected chi connectivity index (χ2v) is 9.56. The van der Waals surface area contributed by atoms with Gasteiger partial charge in [-0.2, -0.15) is 0 Å². The summed E-state index contributed by atoms with van der Waals surface area (Å²) in [5.41, 5.74) is 2.21. The van der Waals surface area contributed by atoms with E-state index in [1.165, 1.54) is 7.11 Å². The van der Waals surface area contributed by atoms with Crippen LogP contribution in [-0.4, -0.2) is 42.3 Å². The predicted octanol–water partition coefficient (Wildman–Crippen LogP) is 4.62. The summed E-state index contributed by atoms with van der Waals surface area (Å²) in [5, 5.41) is 5.94. The molecular formula is C26H33N3O6. The van der Waals surface area contributed by atoms with E-state index in [1.54, 1.807) is 18.3 Å². The number of benzene rings is 1. The summed E-state index contributed by atoms with van der Waals surface area (Å²) in [5.74, 6) is -0.455. The van der Waals surface area contributed by atoms with Crippen molar-refractivity contribution in [2.45, 2.75) is 58.6 Å². The third-order valence-electron chi connectivity index (χ3n) is 5.55. The first kappa shape index (κ1) is 26.0. The molecule has 0 saturated heterocycles. The number of ether oxygens (including phenoxy) is 3. The Morgan fingerprint density at radius 2 is 1.94 bits per heavy atom. The molecule has 9 heteroatoms. The van der Waals surface area contributed by atoms with Crippen LogP contribution in [0.4, 0.5) is 10.5 Å². The number of nitrogens with one attached hydrogen (secondary N) is 2. The zero-order valence-corrected chi connectivity index (χ0v) is 20.8. The maximum atomic E-state index is 12.9. The van der Waals surface area contributed by atoms with Crippen LogP contribution in [0.2, 0.25) is 0 Å². The van der Waals surface area contributed by atoms with Gasteiger partial charge in [0.25, 0.3) is 0 Å². The number of fused-ring (bicyclic) bond motifs is 4. The Kier molecular flexibility index (Phi) is 8.32. The summed E-state index contributed by atoms with van der Waals surface area (Å²) in [6.07, 6.45) is 3.11. The molecule has 0 aliphatic carbocycles. The lowest BCUT2D eigenvalue weighted by atomic mass is 9.95. The van der Waals surface area contributed by atoms with Crippen molar-refractivity contribution in [2.24, 2.45) is 5.92 Å². The highest BCUT2D eigenvalue weighted by molar-refractivity contribution is 5.97. The lowest BCUT2D eigenvalue weighted by molar-refractivity contribution is -0.142. The Bertz CT molecular complexity index is 1080. The van der Waals surface area contributed by atoms with Crippen LogP contribution in [0.1, 0.15) is 58.7 Å². The Morgan fingerprint density at radius 1 is 1.17 bits per heavy atom. The van der Waals surface area contributed by atoms with Crippen molar-refractivity contribution in [3.05, 3.63) is 42.2 Å². The van der Waals surface area contributed by atoms with Gasteiger partial charge in [-0.15, -0.1) is 0 Å². The molecule has 1 aromatic carbocycles. The average molecular weight is 484 g/mol. The fourth-order valence-corrected chi connectivity index (χ4v) is 3.73. The highest BCUT2D eigenvalue weighted by Gasteiger charge is 2.24. The zero-order valence-electron chi connectivity index (χ0n) is 20.8. The molecule has 0 saturated carbocycles. The minimum Gasteiger partial charge on any atom is -0.482 e. The number of anilines is 1. The van der Waals surface area contributed by atoms with Gasteiger partial charge in [-0.25, -0.2) is 9.59 Å². The molecule has 2 unspecified atom stereocenters. The number of carbonyl (C=O) groups is 3. The van der Waals surface area contributed by atoms with Gasteiger partial charge < -0.3 is 24.8 Å². The molecule has 2 N–H and O–H groups in total. The van der Waals surface area contributed by atoms with E-state index in [0.717, 1.165) is 11.1 Å². The largest absolute Gasteiger partial charge is 0.482 e. The van der Waals surface area contributed by atoms with Gasteiger partial charge in [-0.05, 0) is 63.4 Å². The van der Waals surface area contributed by atoms with Gasteiger partial charge in [-0.1, -0.05) is 13.3 Å². The molecule has 1 aliphatic heterocycles. The van der Waals surface area contributed by atoms with E-state index in [2.05, 4.69) is 20.4 Å². The van der Waals surface area contributed by atoms with Crippen molar-refractivity contribution < 1.29 is 28.6 Å². The standard InChI is InChI=1S/C26H33N3O6/c1-16-7-6-8-20(29-25(32)35-26(2,3)4)22-13-17(11-12-27-22)19-10-9-18(34-15-23(30)33-5)14-21(19)28-24(16)31/h9-14,16,20H,6-8,15H2,1-5H3,(H,28,31)(H,29,32). The van der Waals surface area contributed by atoms with E-state index in [-0.39, 0.29) is 24.5 Å². The summed E-state index contributed by atoms with van der Waals surface area (Å²) in [6, 6.07) is 8.58. The first-order valence-corrected chi connectivity index (χ1v) is 11.7. The van der Waals surface area contributed by atoms with Crippen molar-refractivity contribution in [2.75, 3.05) is 19.0 Å². The van der Waals surface area contributed by atoms with Gasteiger partial charge >= 0.3 is 12.1 Å². The number of methoxy groups -OCH3 is 1. The number of rotatable bonds is 4. The fourth-order valence-electron chi connectivity index (χ4n) is 3.73. The van der Waals surface area contributed by atoms with E-state index in [4.69, 9.17) is 9.47 Å². The molecule has 0 fully saturated rings. The zero-order chi connectivity index (χ0) is 25.6. The molecule has 0 spiro atoms. The lowest BCUT2D eigenvalue weighted by Crippen LogP contribution is -2.35. The number of hydrogen-bond donors (Lipinski definition) is 2. The third kappa shape index (κ3) is 7.43. The van der Waals surface area contributed by atoms with Crippen LogP contribution in [0.15, 0.2) is 36.5 Å². The number of alkyl carbamates (subject to hydrolysis) is 1. The lowest BCUT2D eigenvalue weighted by Gasteiger charge is -2.25. The van der Waals surface area contributed by atoms with Crippen LogP contribution in [0, 0.1) is 5.92 Å². The second-order valence-electron chi connectivity index (χ2n) is 9.56. The molecule has 9 nitrogen and oxygen atoms in total. The smallest absolute Gasteiger partial charge is 0.408 e. The van der Waals surface area contributed by atoms with E-state index in [9.17, 15) is 14.4 Å². The van der Waals surface area contributed by atoms with Crippen molar-refractivity contribution in [3.63, 3.8) is 0 Å². The summed E-state index contributed by atoms with van der Waals surface area (Å²) in [6.45, 7) is 7.07. The number of amides is 2. The minimum atomic E-state index is -0.621. The highest BCUT2D eigenvalue weighted by Crippen LogP contribution is 2.34. The molecule has 35 heavy (non-hydrogen) atoms. The van der Waals surface area contributed by atoms with Gasteiger partial charge in [0, 0.05) is 23.7 Å². The molecule has 2 atom stereocenters. The van der Waals surface area contributed by atoms with Crippen molar-refractivity contribution in [1.29, 1.82) is 0 Å². The molecule has 2 bridgehead atoms. The van der Waals surface area contributed by atoms with Crippen molar-refractivity contribution >= 4 is 23.7 Å². The molecular weight excluding hydrogens is 450 g/mol. The van der Waals surface area contributed by atoms with Crippen LogP contribution < -0.4 is 15.4 Å². The molecule has 188 valence electrons. The van der Waals surface area contributed by atoms with Crippen molar-refractivity contribution in [1.82, 2.24) is 10.3 Å². The maximum absolute atomic E-state index is 12.9. The molecule has 1 aliphatic rings. The Morgan fingerprint density at radius 3 is 2.66 bits per heavy atom. The molecule has 2 amide bonds. The summed E-state index contributed by atoms with van der Waals surface area (Å²) < 4.78 is 15.6. The normalized spacial score (nSPS) is 18.1. The van der Waals surface area contributed by atoms with Gasteiger partial charge in [0.05, 0.1) is 24.5 Å². The molecule has 3 rings (SSSR count). The number of esters is 1. The summed E-state index contributed by atoms with van der Waals surface area (Å²) in [4.78, 5) is 41.4. The average Bonchev–Trinajstić information content (AvgIpc) is 2.80. The van der Waals surface area contributed by atoms with Gasteiger partial charge in [-0.3, -0.25) is 9.78 Å². The van der Waals surface area contributed by atoms with Crippen LogP contribution in [0.3, 0.4) is 0 Å².